The molecule has 2 saturated carbocycles. The molecule has 2 aliphatic carbocycles. The van der Waals surface area contributed by atoms with Gasteiger partial charge in [0, 0.05) is 26.6 Å². The smallest absolute Gasteiger partial charge is 0.305 e. The molecule has 1 N–H and O–H groups in total. The number of benzene rings is 3. The highest BCUT2D eigenvalue weighted by Crippen LogP contribution is 2.69. The van der Waals surface area contributed by atoms with E-state index in [0.29, 0.717) is 17.3 Å². The molecule has 2 amide bonds. The molecule has 0 spiro atoms. The second kappa shape index (κ2) is 9.61. The number of ether oxygens (including phenoxy) is 1. The summed E-state index contributed by atoms with van der Waals surface area (Å²) in [6.45, 7) is 0.434. The number of hydrogen-bond acceptors (Lipinski definition) is 6. The van der Waals surface area contributed by atoms with Crippen LogP contribution < -0.4 is 14.5 Å². The molecule has 8 rings (SSSR count). The van der Waals surface area contributed by atoms with Gasteiger partial charge in [-0.15, -0.1) is 11.8 Å². The van der Waals surface area contributed by atoms with Crippen molar-refractivity contribution in [1.82, 2.24) is 4.98 Å². The lowest BCUT2D eigenvalue weighted by Crippen LogP contribution is -2.42. The van der Waals surface area contributed by atoms with E-state index in [1.165, 1.54) is 16.2 Å². The number of aromatic amines is 1. The molecule has 6 unspecified atom stereocenters. The van der Waals surface area contributed by atoms with E-state index >= 15 is 0 Å². The summed E-state index contributed by atoms with van der Waals surface area (Å²) in [6, 6.07) is 25.0. The van der Waals surface area contributed by atoms with Crippen molar-refractivity contribution in [3.05, 3.63) is 110 Å². The van der Waals surface area contributed by atoms with Crippen LogP contribution in [0.1, 0.15) is 28.3 Å². The minimum absolute atomic E-state index is 0.0359. The number of carbonyl (C=O) groups is 2. The van der Waals surface area contributed by atoms with Crippen LogP contribution in [0, 0.1) is 29.6 Å². The zero-order chi connectivity index (χ0) is 27.8. The standard InChI is InChI=1S/C32H25ClN2O4S2/c33-17-10-12-18(13-11-17)35-30(36)25-20-14-21(26(25)31(35)37)27-24(20)23(28-29(40-27)34-32(38)41-28)19-8-4-5-9-22(19)39-15-16-6-2-1-3-7-16/h1-13,20-21,23-27H,14-15H2,(H,34,38)/t20?,21?,23-,24?,25?,26?,27?/m1/s1. The Morgan fingerprint density at radius 3 is 2.37 bits per heavy atom. The van der Waals surface area contributed by atoms with Gasteiger partial charge >= 0.3 is 4.87 Å². The molecule has 206 valence electrons. The fourth-order valence-corrected chi connectivity index (χ4v) is 10.8. The van der Waals surface area contributed by atoms with E-state index in [2.05, 4.69) is 11.1 Å². The van der Waals surface area contributed by atoms with Crippen molar-refractivity contribution in [2.75, 3.05) is 4.90 Å². The number of amides is 2. The Morgan fingerprint density at radius 1 is 0.878 bits per heavy atom. The van der Waals surface area contributed by atoms with Crippen LogP contribution in [0.15, 0.2) is 88.7 Å². The molecule has 4 aliphatic rings. The van der Waals surface area contributed by atoms with Gasteiger partial charge in [-0.1, -0.05) is 71.5 Å². The summed E-state index contributed by atoms with van der Waals surface area (Å²) in [6.07, 6.45) is 0.840. The van der Waals surface area contributed by atoms with Gasteiger partial charge in [0.1, 0.15) is 12.4 Å². The summed E-state index contributed by atoms with van der Waals surface area (Å²) < 4.78 is 6.41. The van der Waals surface area contributed by atoms with Gasteiger partial charge in [0.05, 0.1) is 22.5 Å². The first-order valence-corrected chi connectivity index (χ1v) is 15.9. The number of nitrogens with zero attached hydrogens (tertiary/aromatic N) is 1. The third-order valence-electron chi connectivity index (χ3n) is 9.30. The van der Waals surface area contributed by atoms with Crippen molar-refractivity contribution in [3.8, 4) is 5.75 Å². The zero-order valence-electron chi connectivity index (χ0n) is 21.7. The lowest BCUT2D eigenvalue weighted by atomic mass is 9.68. The van der Waals surface area contributed by atoms with Crippen LogP contribution in [0.4, 0.5) is 5.69 Å². The first kappa shape index (κ1) is 25.4. The molecule has 41 heavy (non-hydrogen) atoms. The number of halogens is 1. The normalized spacial score (nSPS) is 29.4. The van der Waals surface area contributed by atoms with Crippen molar-refractivity contribution in [3.63, 3.8) is 0 Å². The maximum absolute atomic E-state index is 14.0. The predicted molar refractivity (Wildman–Crippen MR) is 160 cm³/mol. The Morgan fingerprint density at radius 2 is 1.59 bits per heavy atom. The summed E-state index contributed by atoms with van der Waals surface area (Å²) in [7, 11) is 0. The average Bonchev–Trinajstić information content (AvgIpc) is 3.72. The first-order chi connectivity index (χ1) is 20.0. The highest BCUT2D eigenvalue weighted by atomic mass is 35.5. The molecule has 4 aromatic rings. The number of H-pyrrole nitrogens is 1. The van der Waals surface area contributed by atoms with Gasteiger partial charge in [-0.2, -0.15) is 0 Å². The number of thioether (sulfide) groups is 1. The van der Waals surface area contributed by atoms with Crippen LogP contribution in [-0.4, -0.2) is 22.0 Å². The fraction of sp³-hybridized carbons (Fsp3) is 0.281. The van der Waals surface area contributed by atoms with Crippen LogP contribution in [0.3, 0.4) is 0 Å². The van der Waals surface area contributed by atoms with Crippen LogP contribution in [-0.2, 0) is 16.2 Å². The second-order valence-corrected chi connectivity index (χ2v) is 13.9. The largest absolute Gasteiger partial charge is 0.489 e. The number of imide groups is 1. The highest BCUT2D eigenvalue weighted by molar-refractivity contribution is 8.00. The maximum Gasteiger partial charge on any atom is 0.305 e. The summed E-state index contributed by atoms with van der Waals surface area (Å²) in [4.78, 5) is 45.8. The van der Waals surface area contributed by atoms with Crippen molar-refractivity contribution in [2.24, 2.45) is 29.6 Å². The number of thiazole rings is 1. The Kier molecular flexibility index (Phi) is 5.95. The number of nitrogens with one attached hydrogen (secondary N) is 1. The second-order valence-electron chi connectivity index (χ2n) is 11.3. The van der Waals surface area contributed by atoms with Gasteiger partial charge < -0.3 is 9.72 Å². The average molecular weight is 601 g/mol. The molecule has 2 bridgehead atoms. The Balaban J connectivity index is 1.19. The van der Waals surface area contributed by atoms with Crippen LogP contribution in [0.2, 0.25) is 5.02 Å². The maximum atomic E-state index is 14.0. The van der Waals surface area contributed by atoms with Crippen LogP contribution in [0.5, 0.6) is 5.75 Å². The third-order valence-corrected chi connectivity index (χ3v) is 12.1. The Bertz CT molecular complexity index is 1740. The Hall–Kier alpha value is -3.33. The van der Waals surface area contributed by atoms with E-state index in [1.807, 2.05) is 48.5 Å². The molecule has 3 heterocycles. The molecule has 3 fully saturated rings. The van der Waals surface area contributed by atoms with Crippen molar-refractivity contribution in [2.45, 2.75) is 29.2 Å². The number of aromatic nitrogens is 1. The first-order valence-electron chi connectivity index (χ1n) is 13.8. The van der Waals surface area contributed by atoms with Gasteiger partial charge in [0.15, 0.2) is 0 Å². The summed E-state index contributed by atoms with van der Waals surface area (Å²) in [5, 5.41) is 1.57. The topological polar surface area (TPSA) is 79.5 Å². The predicted octanol–water partition coefficient (Wildman–Crippen LogP) is 6.35. The van der Waals surface area contributed by atoms with E-state index in [4.69, 9.17) is 16.3 Å². The minimum Gasteiger partial charge on any atom is -0.489 e. The zero-order valence-corrected chi connectivity index (χ0v) is 24.1. The number of rotatable bonds is 5. The molecular formula is C32H25ClN2O4S2. The van der Waals surface area contributed by atoms with E-state index in [0.717, 1.165) is 33.2 Å². The number of para-hydroxylation sites is 1. The molecule has 2 aliphatic heterocycles. The van der Waals surface area contributed by atoms with E-state index in [-0.39, 0.29) is 57.4 Å². The molecular weight excluding hydrogens is 576 g/mol. The Labute approximate surface area is 249 Å². The van der Waals surface area contributed by atoms with E-state index in [9.17, 15) is 14.4 Å². The highest BCUT2D eigenvalue weighted by Gasteiger charge is 2.69. The summed E-state index contributed by atoms with van der Waals surface area (Å²) in [5.41, 5.74) is 2.69. The van der Waals surface area contributed by atoms with Crippen molar-refractivity contribution >= 4 is 52.2 Å². The summed E-state index contributed by atoms with van der Waals surface area (Å²) in [5.74, 6) is -0.0329. The van der Waals surface area contributed by atoms with Gasteiger partial charge in [-0.3, -0.25) is 19.3 Å². The number of fused-ring (bicyclic) bond motifs is 9. The van der Waals surface area contributed by atoms with Gasteiger partial charge in [-0.05, 0) is 60.1 Å². The molecule has 9 heteroatoms. The van der Waals surface area contributed by atoms with Crippen LogP contribution in [0.25, 0.3) is 0 Å². The molecule has 3 aromatic carbocycles. The van der Waals surface area contributed by atoms with Gasteiger partial charge in [0.2, 0.25) is 11.8 Å². The van der Waals surface area contributed by atoms with Gasteiger partial charge in [0.25, 0.3) is 0 Å². The third kappa shape index (κ3) is 3.87. The molecule has 7 atom stereocenters. The molecule has 0 radical (unpaired) electrons. The van der Waals surface area contributed by atoms with Crippen molar-refractivity contribution < 1.29 is 14.3 Å². The van der Waals surface area contributed by atoms with E-state index in [1.54, 1.807) is 36.0 Å². The number of hydrogen-bond donors (Lipinski definition) is 1. The minimum atomic E-state index is -0.359. The van der Waals surface area contributed by atoms with E-state index < -0.39 is 0 Å². The van der Waals surface area contributed by atoms with Crippen LogP contribution >= 0.6 is 34.7 Å². The lowest BCUT2D eigenvalue weighted by molar-refractivity contribution is -0.123. The number of carbonyl (C=O) groups excluding carboxylic acids is 2. The van der Waals surface area contributed by atoms with Crippen molar-refractivity contribution in [1.29, 1.82) is 0 Å². The molecule has 6 nitrogen and oxygen atoms in total. The quantitative estimate of drug-likeness (QED) is 0.270. The number of anilines is 1. The lowest BCUT2D eigenvalue weighted by Gasteiger charge is -2.43. The molecule has 1 aromatic heterocycles. The molecule has 1 saturated heterocycles. The SMILES string of the molecule is O=C1C2C3CC(C2C(=O)N1c1ccc(Cl)cc1)C1C3Sc2[nH]c(=O)sc2[C@@H]1c1ccccc1OCc1ccccc1. The summed E-state index contributed by atoms with van der Waals surface area (Å²) >= 11 is 9.04. The van der Waals surface area contributed by atoms with Gasteiger partial charge in [-0.25, -0.2) is 0 Å². The fourth-order valence-electron chi connectivity index (χ4n) is 7.81. The monoisotopic (exact) mass is 600 g/mol.